The number of aliphatic hydroxyl groups is 1. The van der Waals surface area contributed by atoms with Gasteiger partial charge in [0.15, 0.2) is 9.84 Å². The lowest BCUT2D eigenvalue weighted by molar-refractivity contribution is -0.123. The Morgan fingerprint density at radius 3 is 2.45 bits per heavy atom. The van der Waals surface area contributed by atoms with E-state index in [0.717, 1.165) is 0 Å². The minimum Gasteiger partial charge on any atom is -0.389 e. The number of sulfone groups is 1. The maximum absolute atomic E-state index is 11.9. The van der Waals surface area contributed by atoms with Crippen molar-refractivity contribution in [2.75, 3.05) is 31.1 Å². The number of alkyl halides is 1. The molecule has 20 heavy (non-hydrogen) atoms. The van der Waals surface area contributed by atoms with Gasteiger partial charge in [-0.2, -0.15) is 0 Å². The Morgan fingerprint density at radius 2 is 2.05 bits per heavy atom. The molecule has 1 fully saturated rings. The quantitative estimate of drug-likeness (QED) is 0.649. The minimum atomic E-state index is -3.15. The molecular formula is C12H23ClN2O4S. The Balaban J connectivity index is 2.51. The van der Waals surface area contributed by atoms with Crippen LogP contribution in [0.25, 0.3) is 0 Å². The topological polar surface area (TPSA) is 86.7 Å². The number of hydrogen-bond donors (Lipinski definition) is 2. The third kappa shape index (κ3) is 5.95. The second-order valence-electron chi connectivity index (χ2n) is 5.88. The number of carbonyl (C=O) groups is 1. The van der Waals surface area contributed by atoms with E-state index in [2.05, 4.69) is 5.32 Å². The first-order valence-corrected chi connectivity index (χ1v) is 8.87. The summed E-state index contributed by atoms with van der Waals surface area (Å²) in [5.74, 6) is -0.477. The molecule has 0 aromatic heterocycles. The van der Waals surface area contributed by atoms with Crippen LogP contribution in [-0.4, -0.2) is 72.5 Å². The number of hydrogen-bond acceptors (Lipinski definition) is 5. The van der Waals surface area contributed by atoms with Crippen LogP contribution in [0.1, 0.15) is 20.8 Å². The Hall–Kier alpha value is -0.370. The van der Waals surface area contributed by atoms with Crippen molar-refractivity contribution in [3.8, 4) is 0 Å². The van der Waals surface area contributed by atoms with E-state index in [0.29, 0.717) is 13.1 Å². The molecule has 2 unspecified atom stereocenters. The average molecular weight is 327 g/mol. The fourth-order valence-corrected chi connectivity index (χ4v) is 4.77. The number of amides is 1. The Labute approximate surface area is 125 Å². The summed E-state index contributed by atoms with van der Waals surface area (Å²) in [4.78, 5) is 13.7. The summed E-state index contributed by atoms with van der Waals surface area (Å²) in [5, 5.41) is 11.8. The monoisotopic (exact) mass is 326 g/mol. The summed E-state index contributed by atoms with van der Waals surface area (Å²) in [7, 11) is -3.15. The van der Waals surface area contributed by atoms with Crippen LogP contribution in [0.3, 0.4) is 0 Å². The van der Waals surface area contributed by atoms with E-state index in [1.165, 1.54) is 0 Å². The largest absolute Gasteiger partial charge is 0.389 e. The van der Waals surface area contributed by atoms with Crippen LogP contribution >= 0.6 is 11.6 Å². The summed E-state index contributed by atoms with van der Waals surface area (Å²) in [6, 6.07) is -0.532. The van der Waals surface area contributed by atoms with Crippen molar-refractivity contribution in [1.29, 1.82) is 0 Å². The van der Waals surface area contributed by atoms with Crippen molar-refractivity contribution in [2.45, 2.75) is 37.8 Å². The molecule has 1 aliphatic heterocycles. The van der Waals surface area contributed by atoms with Gasteiger partial charge >= 0.3 is 0 Å². The van der Waals surface area contributed by atoms with Gasteiger partial charge in [0.1, 0.15) is 0 Å². The van der Waals surface area contributed by atoms with Gasteiger partial charge in [0, 0.05) is 6.54 Å². The maximum atomic E-state index is 11.9. The normalized spacial score (nSPS) is 25.9. The Bertz CT molecular complexity index is 447. The highest BCUT2D eigenvalue weighted by Crippen LogP contribution is 2.17. The zero-order valence-corrected chi connectivity index (χ0v) is 13.7. The minimum absolute atomic E-state index is 0.0966. The van der Waals surface area contributed by atoms with E-state index in [-0.39, 0.29) is 24.0 Å². The fourth-order valence-electron chi connectivity index (χ4n) is 2.22. The van der Waals surface area contributed by atoms with Crippen molar-refractivity contribution in [3.05, 3.63) is 0 Å². The van der Waals surface area contributed by atoms with Gasteiger partial charge in [-0.25, -0.2) is 8.42 Å². The maximum Gasteiger partial charge on any atom is 0.234 e. The third-order valence-electron chi connectivity index (χ3n) is 3.05. The summed E-state index contributed by atoms with van der Waals surface area (Å²) >= 11 is 5.94. The fraction of sp³-hybridized carbons (Fsp3) is 0.917. The summed E-state index contributed by atoms with van der Waals surface area (Å²) in [5.41, 5.74) is -0.887. The number of nitrogens with zero attached hydrogens (tertiary/aromatic N) is 1. The number of nitrogens with one attached hydrogen (secondary N) is 1. The molecule has 118 valence electrons. The van der Waals surface area contributed by atoms with E-state index in [1.807, 2.05) is 6.92 Å². The highest BCUT2D eigenvalue weighted by atomic mass is 35.5. The second-order valence-corrected chi connectivity index (χ2v) is 8.60. The van der Waals surface area contributed by atoms with Crippen molar-refractivity contribution in [2.24, 2.45) is 0 Å². The molecular weight excluding hydrogens is 304 g/mol. The van der Waals surface area contributed by atoms with Crippen LogP contribution in [0.2, 0.25) is 0 Å². The predicted molar refractivity (Wildman–Crippen MR) is 78.6 cm³/mol. The van der Waals surface area contributed by atoms with E-state index in [4.69, 9.17) is 11.6 Å². The highest BCUT2D eigenvalue weighted by Gasteiger charge is 2.37. The van der Waals surface area contributed by atoms with Gasteiger partial charge in [-0.3, -0.25) is 9.69 Å². The zero-order chi connectivity index (χ0) is 15.6. The van der Waals surface area contributed by atoms with Crippen LogP contribution in [0.4, 0.5) is 0 Å². The standard InChI is InChI=1S/C12H23ClN2O4S/c1-4-15(8-12(2,3)17)5-11(16)14-10-7-20(18,19)6-9(10)13/h9-10,17H,4-8H2,1-3H3,(H,14,16). The zero-order valence-electron chi connectivity index (χ0n) is 12.1. The van der Waals surface area contributed by atoms with Gasteiger partial charge in [-0.1, -0.05) is 6.92 Å². The molecule has 1 saturated heterocycles. The molecule has 2 N–H and O–H groups in total. The van der Waals surface area contributed by atoms with E-state index in [9.17, 15) is 18.3 Å². The Kier molecular flexibility index (Phi) is 5.83. The molecule has 8 heteroatoms. The molecule has 6 nitrogen and oxygen atoms in total. The van der Waals surface area contributed by atoms with Crippen LogP contribution in [0.15, 0.2) is 0 Å². The second kappa shape index (κ2) is 6.60. The lowest BCUT2D eigenvalue weighted by Crippen LogP contribution is -2.48. The van der Waals surface area contributed by atoms with Gasteiger partial charge < -0.3 is 10.4 Å². The van der Waals surface area contributed by atoms with Gasteiger partial charge in [0.05, 0.1) is 35.1 Å². The first kappa shape index (κ1) is 17.7. The molecule has 1 aliphatic rings. The van der Waals surface area contributed by atoms with E-state index < -0.39 is 26.9 Å². The Morgan fingerprint density at radius 1 is 1.45 bits per heavy atom. The molecule has 0 aromatic carbocycles. The van der Waals surface area contributed by atoms with Crippen molar-refractivity contribution >= 4 is 27.3 Å². The molecule has 1 heterocycles. The van der Waals surface area contributed by atoms with E-state index >= 15 is 0 Å². The molecule has 0 aliphatic carbocycles. The summed E-state index contributed by atoms with van der Waals surface area (Å²) in [6.45, 7) is 6.33. The summed E-state index contributed by atoms with van der Waals surface area (Å²) in [6.07, 6.45) is 0. The van der Waals surface area contributed by atoms with Crippen molar-refractivity contribution in [1.82, 2.24) is 10.2 Å². The van der Waals surface area contributed by atoms with Gasteiger partial charge in [-0.05, 0) is 20.4 Å². The molecule has 0 radical (unpaired) electrons. The van der Waals surface area contributed by atoms with Gasteiger partial charge in [0.2, 0.25) is 5.91 Å². The van der Waals surface area contributed by atoms with Crippen LogP contribution in [0, 0.1) is 0 Å². The molecule has 0 saturated carbocycles. The molecule has 0 aromatic rings. The van der Waals surface area contributed by atoms with Crippen LogP contribution < -0.4 is 5.32 Å². The van der Waals surface area contributed by atoms with Crippen LogP contribution in [0.5, 0.6) is 0 Å². The number of carbonyl (C=O) groups excluding carboxylic acids is 1. The van der Waals surface area contributed by atoms with Crippen molar-refractivity contribution in [3.63, 3.8) is 0 Å². The molecule has 1 rings (SSSR count). The highest BCUT2D eigenvalue weighted by molar-refractivity contribution is 7.91. The lowest BCUT2D eigenvalue weighted by Gasteiger charge is -2.28. The summed E-state index contributed by atoms with van der Waals surface area (Å²) < 4.78 is 22.8. The lowest BCUT2D eigenvalue weighted by atomic mass is 10.1. The SMILES string of the molecule is CCN(CC(=O)NC1CS(=O)(=O)CC1Cl)CC(C)(C)O. The van der Waals surface area contributed by atoms with E-state index in [1.54, 1.807) is 18.7 Å². The first-order chi connectivity index (χ1) is 9.02. The molecule has 0 bridgehead atoms. The van der Waals surface area contributed by atoms with Crippen LogP contribution in [-0.2, 0) is 14.6 Å². The molecule has 0 spiro atoms. The molecule has 2 atom stereocenters. The van der Waals surface area contributed by atoms with Crippen molar-refractivity contribution < 1.29 is 18.3 Å². The first-order valence-electron chi connectivity index (χ1n) is 6.61. The smallest absolute Gasteiger partial charge is 0.234 e. The average Bonchev–Trinajstić information content (AvgIpc) is 2.48. The third-order valence-corrected chi connectivity index (χ3v) is 5.43. The number of rotatable bonds is 6. The number of likely N-dealkylation sites (N-methyl/N-ethyl adjacent to an activating group) is 1. The van der Waals surface area contributed by atoms with Gasteiger partial charge in [0.25, 0.3) is 0 Å². The predicted octanol–water partition coefficient (Wildman–Crippen LogP) is -0.400. The number of halogens is 1. The van der Waals surface area contributed by atoms with Gasteiger partial charge in [-0.15, -0.1) is 11.6 Å². The molecule has 1 amide bonds.